The molecular formula is C15H16ClNO2. The zero-order valence-electron chi connectivity index (χ0n) is 10.7. The van der Waals surface area contributed by atoms with E-state index < -0.39 is 0 Å². The molecule has 1 aromatic rings. The highest BCUT2D eigenvalue weighted by Gasteiger charge is 2.25. The van der Waals surface area contributed by atoms with Gasteiger partial charge in [0, 0.05) is 25.9 Å². The fourth-order valence-corrected chi connectivity index (χ4v) is 3.17. The molecule has 2 aliphatic rings. The van der Waals surface area contributed by atoms with E-state index in [2.05, 4.69) is 0 Å². The Labute approximate surface area is 117 Å². The second-order valence-electron chi connectivity index (χ2n) is 5.35. The molecule has 1 aliphatic heterocycles. The number of Topliss-reactive ketones (excluding diaryl/α,β-unsaturated/α-hetero) is 1. The Bertz CT molecular complexity index is 547. The zero-order valence-corrected chi connectivity index (χ0v) is 11.5. The SMILES string of the molecule is O=C1Cc2cc(Cl)c(C(=O)N3CCCCC3)cc2C1. The van der Waals surface area contributed by atoms with Crippen LogP contribution in [0.1, 0.15) is 40.7 Å². The normalized spacial score (nSPS) is 18.6. The first-order chi connectivity index (χ1) is 9.15. The molecule has 1 aromatic carbocycles. The molecule has 19 heavy (non-hydrogen) atoms. The van der Waals surface area contributed by atoms with Crippen molar-refractivity contribution >= 4 is 23.3 Å². The minimum atomic E-state index is 0.00634. The zero-order chi connectivity index (χ0) is 13.4. The van der Waals surface area contributed by atoms with E-state index in [1.807, 2.05) is 11.0 Å². The highest BCUT2D eigenvalue weighted by atomic mass is 35.5. The molecule has 1 aliphatic carbocycles. The van der Waals surface area contributed by atoms with Gasteiger partial charge in [0.05, 0.1) is 10.6 Å². The van der Waals surface area contributed by atoms with E-state index in [1.165, 1.54) is 6.42 Å². The number of carbonyl (C=O) groups is 2. The van der Waals surface area contributed by atoms with E-state index in [1.54, 1.807) is 6.07 Å². The van der Waals surface area contributed by atoms with Gasteiger partial charge in [0.25, 0.3) is 5.91 Å². The van der Waals surface area contributed by atoms with Crippen molar-refractivity contribution in [3.05, 3.63) is 33.8 Å². The van der Waals surface area contributed by atoms with E-state index in [9.17, 15) is 9.59 Å². The van der Waals surface area contributed by atoms with Gasteiger partial charge < -0.3 is 4.90 Å². The maximum Gasteiger partial charge on any atom is 0.255 e. The average molecular weight is 278 g/mol. The minimum Gasteiger partial charge on any atom is -0.339 e. The van der Waals surface area contributed by atoms with Crippen molar-refractivity contribution < 1.29 is 9.59 Å². The summed E-state index contributed by atoms with van der Waals surface area (Å²) < 4.78 is 0. The number of likely N-dealkylation sites (tertiary alicyclic amines) is 1. The monoisotopic (exact) mass is 277 g/mol. The van der Waals surface area contributed by atoms with E-state index in [-0.39, 0.29) is 11.7 Å². The van der Waals surface area contributed by atoms with Gasteiger partial charge in [-0.25, -0.2) is 0 Å². The van der Waals surface area contributed by atoms with Crippen molar-refractivity contribution in [2.75, 3.05) is 13.1 Å². The van der Waals surface area contributed by atoms with Gasteiger partial charge in [-0.3, -0.25) is 9.59 Å². The highest BCUT2D eigenvalue weighted by Crippen LogP contribution is 2.28. The first-order valence-corrected chi connectivity index (χ1v) is 7.15. The smallest absolute Gasteiger partial charge is 0.255 e. The van der Waals surface area contributed by atoms with Crippen LogP contribution in [-0.2, 0) is 17.6 Å². The van der Waals surface area contributed by atoms with Crippen molar-refractivity contribution in [2.45, 2.75) is 32.1 Å². The molecule has 0 unspecified atom stereocenters. The van der Waals surface area contributed by atoms with E-state index in [0.717, 1.165) is 37.1 Å². The molecule has 3 rings (SSSR count). The summed E-state index contributed by atoms with van der Waals surface area (Å²) >= 11 is 6.21. The molecule has 1 heterocycles. The van der Waals surface area contributed by atoms with Crippen LogP contribution >= 0.6 is 11.6 Å². The van der Waals surface area contributed by atoms with E-state index >= 15 is 0 Å². The molecule has 1 saturated heterocycles. The molecule has 3 nitrogen and oxygen atoms in total. The fourth-order valence-electron chi connectivity index (χ4n) is 2.91. The summed E-state index contributed by atoms with van der Waals surface area (Å²) in [6.45, 7) is 1.62. The van der Waals surface area contributed by atoms with Crippen molar-refractivity contribution in [1.29, 1.82) is 0 Å². The molecule has 0 spiro atoms. The Morgan fingerprint density at radius 1 is 1.05 bits per heavy atom. The van der Waals surface area contributed by atoms with E-state index in [0.29, 0.717) is 23.4 Å². The predicted octanol–water partition coefficient (Wildman–Crippen LogP) is 2.63. The van der Waals surface area contributed by atoms with Crippen LogP contribution in [0.25, 0.3) is 0 Å². The van der Waals surface area contributed by atoms with Crippen molar-refractivity contribution in [3.63, 3.8) is 0 Å². The molecule has 100 valence electrons. The van der Waals surface area contributed by atoms with Gasteiger partial charge in [-0.1, -0.05) is 11.6 Å². The maximum atomic E-state index is 12.5. The first kappa shape index (κ1) is 12.7. The summed E-state index contributed by atoms with van der Waals surface area (Å²) in [5, 5.41) is 0.476. The second kappa shape index (κ2) is 4.97. The number of ketones is 1. The average Bonchev–Trinajstić information content (AvgIpc) is 2.77. The lowest BCUT2D eigenvalue weighted by molar-refractivity contribution is -0.117. The predicted molar refractivity (Wildman–Crippen MR) is 73.6 cm³/mol. The van der Waals surface area contributed by atoms with Crippen LogP contribution in [0, 0.1) is 0 Å². The second-order valence-corrected chi connectivity index (χ2v) is 5.75. The number of carbonyl (C=O) groups excluding carboxylic acids is 2. The number of benzene rings is 1. The van der Waals surface area contributed by atoms with Crippen LogP contribution in [0.5, 0.6) is 0 Å². The lowest BCUT2D eigenvalue weighted by atomic mass is 10.0. The third kappa shape index (κ3) is 2.39. The van der Waals surface area contributed by atoms with Crippen LogP contribution in [0.4, 0.5) is 0 Å². The molecule has 4 heteroatoms. The molecule has 0 atom stereocenters. The van der Waals surface area contributed by atoms with Gasteiger partial charge in [-0.05, 0) is 42.5 Å². The summed E-state index contributed by atoms with van der Waals surface area (Å²) in [5.74, 6) is 0.209. The molecule has 0 aromatic heterocycles. The van der Waals surface area contributed by atoms with E-state index in [4.69, 9.17) is 11.6 Å². The Hall–Kier alpha value is -1.35. The lowest BCUT2D eigenvalue weighted by Gasteiger charge is -2.27. The Kier molecular flexibility index (Phi) is 3.31. The first-order valence-electron chi connectivity index (χ1n) is 6.77. The van der Waals surface area contributed by atoms with Gasteiger partial charge in [0.2, 0.25) is 0 Å². The van der Waals surface area contributed by atoms with Gasteiger partial charge in [0.15, 0.2) is 0 Å². The van der Waals surface area contributed by atoms with Crippen LogP contribution in [-0.4, -0.2) is 29.7 Å². The number of fused-ring (bicyclic) bond motifs is 1. The third-order valence-electron chi connectivity index (χ3n) is 3.94. The van der Waals surface area contributed by atoms with Crippen LogP contribution < -0.4 is 0 Å². The quantitative estimate of drug-likeness (QED) is 0.791. The molecule has 1 amide bonds. The van der Waals surface area contributed by atoms with Gasteiger partial charge in [-0.2, -0.15) is 0 Å². The van der Waals surface area contributed by atoms with Crippen LogP contribution in [0.3, 0.4) is 0 Å². The fraction of sp³-hybridized carbons (Fsp3) is 0.467. The summed E-state index contributed by atoms with van der Waals surface area (Å²) in [5.41, 5.74) is 2.50. The van der Waals surface area contributed by atoms with Gasteiger partial charge in [0.1, 0.15) is 5.78 Å². The summed E-state index contributed by atoms with van der Waals surface area (Å²) in [4.78, 5) is 25.8. The topological polar surface area (TPSA) is 37.4 Å². The molecule has 0 saturated carbocycles. The number of hydrogen-bond acceptors (Lipinski definition) is 2. The third-order valence-corrected chi connectivity index (χ3v) is 4.25. The molecule has 0 N–H and O–H groups in total. The Morgan fingerprint density at radius 2 is 1.68 bits per heavy atom. The number of piperidine rings is 1. The molecular weight excluding hydrogens is 262 g/mol. The number of rotatable bonds is 1. The van der Waals surface area contributed by atoms with Crippen molar-refractivity contribution in [3.8, 4) is 0 Å². The summed E-state index contributed by atoms with van der Waals surface area (Å²) in [6.07, 6.45) is 4.20. The molecule has 0 radical (unpaired) electrons. The summed E-state index contributed by atoms with van der Waals surface area (Å²) in [6, 6.07) is 3.61. The lowest BCUT2D eigenvalue weighted by Crippen LogP contribution is -2.35. The molecule has 0 bridgehead atoms. The number of nitrogens with zero attached hydrogens (tertiary/aromatic N) is 1. The Morgan fingerprint density at radius 3 is 2.37 bits per heavy atom. The molecule has 1 fully saturated rings. The van der Waals surface area contributed by atoms with Crippen LogP contribution in [0.2, 0.25) is 5.02 Å². The highest BCUT2D eigenvalue weighted by molar-refractivity contribution is 6.34. The van der Waals surface area contributed by atoms with Gasteiger partial charge in [-0.15, -0.1) is 0 Å². The maximum absolute atomic E-state index is 12.5. The minimum absolute atomic E-state index is 0.00634. The van der Waals surface area contributed by atoms with Gasteiger partial charge >= 0.3 is 0 Å². The standard InChI is InChI=1S/C15H16ClNO2/c16-14-9-11-7-12(18)6-10(11)8-13(14)15(19)17-4-2-1-3-5-17/h8-9H,1-7H2. The van der Waals surface area contributed by atoms with Crippen molar-refractivity contribution in [2.24, 2.45) is 0 Å². The largest absolute Gasteiger partial charge is 0.339 e. The summed E-state index contributed by atoms with van der Waals surface area (Å²) in [7, 11) is 0. The van der Waals surface area contributed by atoms with Crippen molar-refractivity contribution in [1.82, 2.24) is 4.90 Å². The Balaban J connectivity index is 1.90. The number of halogens is 1. The van der Waals surface area contributed by atoms with Crippen LogP contribution in [0.15, 0.2) is 12.1 Å². The number of amides is 1. The number of hydrogen-bond donors (Lipinski definition) is 0.